The molecule has 0 aliphatic rings. The normalized spacial score (nSPS) is 12.4. The van der Waals surface area contributed by atoms with Gasteiger partial charge in [-0.15, -0.1) is 0 Å². The number of nitrogens with zero attached hydrogens (tertiary/aromatic N) is 1. The van der Waals surface area contributed by atoms with Gasteiger partial charge in [-0.2, -0.15) is 0 Å². The Morgan fingerprint density at radius 1 is 0.974 bits per heavy atom. The highest BCUT2D eigenvalue weighted by Crippen LogP contribution is 2.29. The first-order chi connectivity index (χ1) is 18.5. The van der Waals surface area contributed by atoms with E-state index < -0.39 is 35.6 Å². The molecule has 39 heavy (non-hydrogen) atoms. The van der Waals surface area contributed by atoms with Crippen LogP contribution in [0.4, 0.5) is 10.5 Å². The van der Waals surface area contributed by atoms with Crippen molar-refractivity contribution in [3.8, 4) is 12.5 Å². The molecule has 3 amide bonds. The van der Waals surface area contributed by atoms with E-state index in [1.165, 1.54) is 0 Å². The summed E-state index contributed by atoms with van der Waals surface area (Å²) in [5.74, 6) is -1.20. The van der Waals surface area contributed by atoms with Gasteiger partial charge in [0.25, 0.3) is 11.8 Å². The molecule has 3 aromatic carbocycles. The first kappa shape index (κ1) is 29.3. The molecule has 8 heteroatoms. The van der Waals surface area contributed by atoms with Gasteiger partial charge in [-0.1, -0.05) is 90.8 Å². The molecule has 0 fully saturated rings. The topological polar surface area (TPSA) is 87.7 Å². The van der Waals surface area contributed by atoms with E-state index in [1.54, 1.807) is 63.2 Å². The smallest absolute Gasteiger partial charge is 0.408 e. The Hall–Kier alpha value is -4.28. The fourth-order valence-corrected chi connectivity index (χ4v) is 4.24. The first-order valence-corrected chi connectivity index (χ1v) is 12.8. The van der Waals surface area contributed by atoms with E-state index in [4.69, 9.17) is 22.8 Å². The summed E-state index contributed by atoms with van der Waals surface area (Å²) in [5, 5.41) is 5.83. The fraction of sp³-hybridized carbons (Fsp3) is 0.258. The van der Waals surface area contributed by atoms with Gasteiger partial charge < -0.3 is 15.4 Å². The van der Waals surface area contributed by atoms with E-state index in [0.29, 0.717) is 16.3 Å². The second kappa shape index (κ2) is 13.0. The fourth-order valence-electron chi connectivity index (χ4n) is 3.97. The quantitative estimate of drug-likeness (QED) is 0.273. The van der Waals surface area contributed by atoms with Crippen molar-refractivity contribution in [2.45, 2.75) is 51.8 Å². The second-order valence-corrected chi connectivity index (χ2v) is 10.4. The van der Waals surface area contributed by atoms with Crippen LogP contribution in [0.5, 0.6) is 0 Å². The number of nitrogens with one attached hydrogen (secondary N) is 2. The van der Waals surface area contributed by atoms with Crippen molar-refractivity contribution in [1.29, 1.82) is 0 Å². The zero-order valence-electron chi connectivity index (χ0n) is 22.4. The molecule has 0 saturated carbocycles. The number of carbonyl (C=O) groups is 3. The third-order valence-electron chi connectivity index (χ3n) is 5.74. The summed E-state index contributed by atoms with van der Waals surface area (Å²) in [6, 6.07) is 23.2. The molecule has 0 aliphatic heterocycles. The molecule has 2 N–H and O–H groups in total. The summed E-state index contributed by atoms with van der Waals surface area (Å²) in [7, 11) is 0. The summed E-state index contributed by atoms with van der Waals surface area (Å²) in [4.78, 5) is 41.5. The van der Waals surface area contributed by atoms with Gasteiger partial charge in [0.2, 0.25) is 0 Å². The predicted molar refractivity (Wildman–Crippen MR) is 153 cm³/mol. The molecule has 0 heterocycles. The van der Waals surface area contributed by atoms with Gasteiger partial charge in [-0.25, -0.2) is 4.79 Å². The maximum absolute atomic E-state index is 14.0. The summed E-state index contributed by atoms with van der Waals surface area (Å²) in [6.07, 6.45) is 5.22. The van der Waals surface area contributed by atoms with E-state index >= 15 is 0 Å². The molecule has 3 aromatic rings. The van der Waals surface area contributed by atoms with Crippen LogP contribution >= 0.6 is 11.6 Å². The van der Waals surface area contributed by atoms with Crippen LogP contribution in [0.15, 0.2) is 78.9 Å². The van der Waals surface area contributed by atoms with Crippen LogP contribution in [0.3, 0.4) is 0 Å². The Morgan fingerprint density at radius 2 is 1.59 bits per heavy atom. The lowest BCUT2D eigenvalue weighted by Gasteiger charge is -2.30. The average Bonchev–Trinajstić information content (AvgIpc) is 2.88. The number of alkyl carbamates (subject to hydrolysis) is 1. The highest BCUT2D eigenvalue weighted by molar-refractivity contribution is 6.34. The lowest BCUT2D eigenvalue weighted by Crippen LogP contribution is -2.51. The number of aryl methyl sites for hydroxylation is 1. The second-order valence-electron chi connectivity index (χ2n) is 9.96. The van der Waals surface area contributed by atoms with Crippen molar-refractivity contribution in [2.24, 2.45) is 0 Å². The van der Waals surface area contributed by atoms with E-state index in [1.807, 2.05) is 43.3 Å². The van der Waals surface area contributed by atoms with Crippen molar-refractivity contribution in [2.75, 3.05) is 5.32 Å². The Labute approximate surface area is 234 Å². The highest BCUT2D eigenvalue weighted by atomic mass is 35.5. The largest absolute Gasteiger partial charge is 0.444 e. The van der Waals surface area contributed by atoms with Crippen molar-refractivity contribution < 1.29 is 19.1 Å². The number of rotatable bonds is 8. The Kier molecular flexibility index (Phi) is 9.75. The van der Waals surface area contributed by atoms with Crippen LogP contribution < -0.4 is 10.6 Å². The number of terminal acetylenes is 1. The Bertz CT molecular complexity index is 1330. The van der Waals surface area contributed by atoms with Crippen LogP contribution in [0.1, 0.15) is 43.5 Å². The number of amides is 3. The minimum Gasteiger partial charge on any atom is -0.444 e. The number of para-hydroxylation sites is 1. The monoisotopic (exact) mass is 545 g/mol. The number of carbonyl (C=O) groups excluding carboxylic acids is 3. The van der Waals surface area contributed by atoms with Gasteiger partial charge in [0.15, 0.2) is 0 Å². The van der Waals surface area contributed by atoms with Crippen LogP contribution in [0.25, 0.3) is 0 Å². The maximum atomic E-state index is 14.0. The van der Waals surface area contributed by atoms with E-state index in [0.717, 1.165) is 16.0 Å². The first-order valence-electron chi connectivity index (χ1n) is 12.4. The van der Waals surface area contributed by atoms with Gasteiger partial charge in [-0.3, -0.25) is 14.5 Å². The Balaban J connectivity index is 2.00. The van der Waals surface area contributed by atoms with Crippen molar-refractivity contribution in [3.05, 3.63) is 101 Å². The van der Waals surface area contributed by atoms with E-state index in [-0.39, 0.29) is 6.42 Å². The molecular formula is C31H32ClN3O4. The van der Waals surface area contributed by atoms with Crippen LogP contribution in [-0.4, -0.2) is 34.5 Å². The van der Waals surface area contributed by atoms with Crippen LogP contribution in [0, 0.1) is 19.4 Å². The number of anilines is 1. The van der Waals surface area contributed by atoms with Gasteiger partial charge in [0.1, 0.15) is 17.7 Å². The molecular weight excluding hydrogens is 514 g/mol. The van der Waals surface area contributed by atoms with Crippen LogP contribution in [-0.2, 0) is 20.7 Å². The third-order valence-corrected chi connectivity index (χ3v) is 6.06. The zero-order chi connectivity index (χ0) is 28.6. The summed E-state index contributed by atoms with van der Waals surface area (Å²) in [5.41, 5.74) is 1.66. The summed E-state index contributed by atoms with van der Waals surface area (Å²) >= 11 is 6.35. The van der Waals surface area contributed by atoms with Gasteiger partial charge >= 0.3 is 6.09 Å². The van der Waals surface area contributed by atoms with Crippen LogP contribution in [0.2, 0.25) is 5.02 Å². The molecule has 202 valence electrons. The highest BCUT2D eigenvalue weighted by Gasteiger charge is 2.36. The van der Waals surface area contributed by atoms with E-state index in [9.17, 15) is 14.4 Å². The van der Waals surface area contributed by atoms with Gasteiger partial charge in [0, 0.05) is 12.5 Å². The molecule has 0 bridgehead atoms. The average molecular weight is 546 g/mol. The zero-order valence-corrected chi connectivity index (χ0v) is 23.2. The summed E-state index contributed by atoms with van der Waals surface area (Å²) < 4.78 is 5.40. The minimum absolute atomic E-state index is 0.129. The summed E-state index contributed by atoms with van der Waals surface area (Å²) in [6.45, 7) is 6.98. The lowest BCUT2D eigenvalue weighted by molar-refractivity contribution is -0.136. The van der Waals surface area contributed by atoms with Crippen molar-refractivity contribution >= 4 is 35.2 Å². The predicted octanol–water partition coefficient (Wildman–Crippen LogP) is 5.88. The molecule has 3 rings (SSSR count). The molecule has 2 unspecified atom stereocenters. The molecule has 7 nitrogen and oxygen atoms in total. The number of hydrogen-bond acceptors (Lipinski definition) is 4. The van der Waals surface area contributed by atoms with Gasteiger partial charge in [0.05, 0.1) is 10.7 Å². The standard InChI is InChI=1S/C31H32ClN3O4/c1-6-35(29(37)25(20-22-15-9-7-10-16-22)33-30(38)39-31(3,4)5)27(23-17-11-8-12-18-23)28(36)34-26-21(2)14-13-19-24(26)32/h1,7-19,25,27H,20H2,2-5H3,(H,33,38)(H,34,36). The van der Waals surface area contributed by atoms with E-state index in [2.05, 4.69) is 16.7 Å². The Morgan fingerprint density at radius 3 is 2.15 bits per heavy atom. The number of hydrogen-bond donors (Lipinski definition) is 2. The molecule has 0 aromatic heterocycles. The van der Waals surface area contributed by atoms with Gasteiger partial charge in [-0.05, 0) is 50.5 Å². The van der Waals surface area contributed by atoms with Crippen molar-refractivity contribution in [1.82, 2.24) is 10.2 Å². The molecule has 0 saturated heterocycles. The molecule has 0 spiro atoms. The molecule has 0 aliphatic carbocycles. The SMILES string of the molecule is C#CN(C(=O)C(Cc1ccccc1)NC(=O)OC(C)(C)C)C(C(=O)Nc1c(C)cccc1Cl)c1ccccc1. The van der Waals surface area contributed by atoms with Crippen molar-refractivity contribution in [3.63, 3.8) is 0 Å². The number of ether oxygens (including phenoxy) is 1. The minimum atomic E-state index is -1.21. The lowest BCUT2D eigenvalue weighted by atomic mass is 10.0. The maximum Gasteiger partial charge on any atom is 0.408 e. The third kappa shape index (κ3) is 8.10. The number of halogens is 1. The molecule has 2 atom stereocenters. The number of benzene rings is 3. The molecule has 0 radical (unpaired) electrons.